The predicted molar refractivity (Wildman–Crippen MR) is 37.6 cm³/mol. The summed E-state index contributed by atoms with van der Waals surface area (Å²) in [5.74, 6) is 0. The highest BCUT2D eigenvalue weighted by Crippen LogP contribution is 1.87. The minimum absolute atomic E-state index is 0.166. The van der Waals surface area contributed by atoms with Crippen LogP contribution in [-0.2, 0) is 0 Å². The van der Waals surface area contributed by atoms with Gasteiger partial charge in [0.05, 0.1) is 5.56 Å². The molecule has 0 aliphatic rings. The lowest BCUT2D eigenvalue weighted by Gasteiger charge is -1.86. The molecule has 10 heavy (non-hydrogen) atoms. The van der Waals surface area contributed by atoms with Crippen molar-refractivity contribution in [2.75, 3.05) is 0 Å². The molecule has 0 aliphatic heterocycles. The number of carbonyl (C=O) groups is 1. The first kappa shape index (κ1) is 6.88. The van der Waals surface area contributed by atoms with Crippen molar-refractivity contribution in [3.05, 3.63) is 26.9 Å². The lowest BCUT2D eigenvalue weighted by Crippen LogP contribution is -2.10. The van der Waals surface area contributed by atoms with Gasteiger partial charge in [-0.2, -0.15) is 0 Å². The first-order valence-corrected chi connectivity index (χ1v) is 2.92. The summed E-state index contributed by atoms with van der Waals surface area (Å²) in [5.41, 5.74) is -0.120. The van der Waals surface area contributed by atoms with Crippen molar-refractivity contribution in [1.82, 2.24) is 9.97 Å². The SMILES string of the molecule is O=Cc1c[nH]c(=O)[nH]c1=S. The van der Waals surface area contributed by atoms with E-state index < -0.39 is 5.69 Å². The molecule has 52 valence electrons. The van der Waals surface area contributed by atoms with Crippen LogP contribution in [0.4, 0.5) is 0 Å². The highest BCUT2D eigenvalue weighted by molar-refractivity contribution is 7.71. The maximum absolute atomic E-state index is 10.5. The van der Waals surface area contributed by atoms with Crippen LogP contribution in [0.15, 0.2) is 11.0 Å². The molecule has 1 rings (SSSR count). The summed E-state index contributed by atoms with van der Waals surface area (Å²) in [7, 11) is 0. The Bertz CT molecular complexity index is 351. The van der Waals surface area contributed by atoms with Crippen molar-refractivity contribution in [2.24, 2.45) is 0 Å². The summed E-state index contributed by atoms with van der Waals surface area (Å²) < 4.78 is 0.166. The third kappa shape index (κ3) is 1.19. The monoisotopic (exact) mass is 156 g/mol. The Balaban J connectivity index is 3.48. The molecule has 1 heterocycles. The van der Waals surface area contributed by atoms with Crippen LogP contribution in [0.5, 0.6) is 0 Å². The van der Waals surface area contributed by atoms with Crippen molar-refractivity contribution in [3.8, 4) is 0 Å². The molecule has 5 heteroatoms. The fraction of sp³-hybridized carbons (Fsp3) is 0. The van der Waals surface area contributed by atoms with Crippen LogP contribution < -0.4 is 5.69 Å². The molecule has 1 aromatic heterocycles. The van der Waals surface area contributed by atoms with Gasteiger partial charge in [-0.25, -0.2) is 4.79 Å². The van der Waals surface area contributed by atoms with Crippen molar-refractivity contribution in [3.63, 3.8) is 0 Å². The number of H-pyrrole nitrogens is 2. The van der Waals surface area contributed by atoms with E-state index in [1.807, 2.05) is 0 Å². The van der Waals surface area contributed by atoms with Gasteiger partial charge in [-0.05, 0) is 0 Å². The molecule has 0 aromatic carbocycles. The molecule has 0 saturated heterocycles. The molecule has 0 atom stereocenters. The first-order chi connectivity index (χ1) is 4.74. The summed E-state index contributed by atoms with van der Waals surface area (Å²) in [6.07, 6.45) is 1.85. The minimum atomic E-state index is -0.407. The van der Waals surface area contributed by atoms with Gasteiger partial charge in [-0.1, -0.05) is 12.2 Å². The summed E-state index contributed by atoms with van der Waals surface area (Å²) >= 11 is 4.63. The molecule has 0 unspecified atom stereocenters. The van der Waals surface area contributed by atoms with Crippen LogP contribution in [0.25, 0.3) is 0 Å². The highest BCUT2D eigenvalue weighted by Gasteiger charge is 1.91. The Labute approximate surface area is 60.9 Å². The number of rotatable bonds is 1. The molecule has 0 aliphatic carbocycles. The number of hydrogen-bond acceptors (Lipinski definition) is 3. The molecule has 0 bridgehead atoms. The lowest BCUT2D eigenvalue weighted by atomic mass is 10.4. The maximum Gasteiger partial charge on any atom is 0.323 e. The standard InChI is InChI=1S/C5H4N2O2S/c8-2-3-1-6-5(9)7-4(3)10/h1-2H,(H2,6,7,9,10). The zero-order valence-corrected chi connectivity index (χ0v) is 5.70. The molecule has 0 radical (unpaired) electrons. The average Bonchev–Trinajstić information content (AvgIpc) is 1.88. The molecule has 1 aromatic rings. The number of nitrogens with one attached hydrogen (secondary N) is 2. The van der Waals surface area contributed by atoms with E-state index in [1.165, 1.54) is 6.20 Å². The van der Waals surface area contributed by atoms with Crippen LogP contribution in [0, 0.1) is 4.64 Å². The Morgan fingerprint density at radius 3 is 2.80 bits per heavy atom. The summed E-state index contributed by atoms with van der Waals surface area (Å²) in [6.45, 7) is 0. The van der Waals surface area contributed by atoms with Crippen LogP contribution in [0.3, 0.4) is 0 Å². The zero-order chi connectivity index (χ0) is 7.56. The van der Waals surface area contributed by atoms with Crippen LogP contribution in [0.1, 0.15) is 10.4 Å². The average molecular weight is 156 g/mol. The molecule has 2 N–H and O–H groups in total. The van der Waals surface area contributed by atoms with Gasteiger partial charge in [-0.15, -0.1) is 0 Å². The smallest absolute Gasteiger partial charge is 0.314 e. The zero-order valence-electron chi connectivity index (χ0n) is 4.88. The van der Waals surface area contributed by atoms with E-state index in [9.17, 15) is 9.59 Å². The quantitative estimate of drug-likeness (QED) is 0.452. The van der Waals surface area contributed by atoms with Crippen LogP contribution >= 0.6 is 12.2 Å². The molecular formula is C5H4N2O2S. The van der Waals surface area contributed by atoms with Gasteiger partial charge in [0, 0.05) is 6.20 Å². The maximum atomic E-state index is 10.5. The summed E-state index contributed by atoms with van der Waals surface area (Å²) in [5, 5.41) is 0. The van der Waals surface area contributed by atoms with Crippen molar-refractivity contribution < 1.29 is 4.79 Å². The Morgan fingerprint density at radius 1 is 1.60 bits per heavy atom. The molecule has 0 amide bonds. The normalized spacial score (nSPS) is 9.20. The number of aldehydes is 1. The van der Waals surface area contributed by atoms with E-state index in [-0.39, 0.29) is 10.2 Å². The molecule has 0 saturated carbocycles. The van der Waals surface area contributed by atoms with E-state index in [0.29, 0.717) is 6.29 Å². The second-order valence-corrected chi connectivity index (χ2v) is 2.05. The van der Waals surface area contributed by atoms with E-state index >= 15 is 0 Å². The van der Waals surface area contributed by atoms with Gasteiger partial charge >= 0.3 is 5.69 Å². The van der Waals surface area contributed by atoms with Gasteiger partial charge in [0.1, 0.15) is 4.64 Å². The fourth-order valence-electron chi connectivity index (χ4n) is 0.508. The summed E-state index contributed by atoms with van der Waals surface area (Å²) in [4.78, 5) is 25.1. The van der Waals surface area contributed by atoms with Gasteiger partial charge in [0.15, 0.2) is 6.29 Å². The predicted octanol–water partition coefficient (Wildman–Crippen LogP) is 0.245. The lowest BCUT2D eigenvalue weighted by molar-refractivity contribution is 0.112. The Kier molecular flexibility index (Phi) is 1.77. The van der Waals surface area contributed by atoms with Crippen molar-refractivity contribution in [1.29, 1.82) is 0 Å². The molecule has 0 spiro atoms. The fourth-order valence-corrected chi connectivity index (χ4v) is 0.707. The van der Waals surface area contributed by atoms with Crippen molar-refractivity contribution in [2.45, 2.75) is 0 Å². The third-order valence-corrected chi connectivity index (χ3v) is 1.31. The number of aromatic amines is 2. The van der Waals surface area contributed by atoms with Gasteiger partial charge < -0.3 is 4.98 Å². The number of carbonyl (C=O) groups excluding carboxylic acids is 1. The largest absolute Gasteiger partial charge is 0.323 e. The summed E-state index contributed by atoms with van der Waals surface area (Å²) in [6, 6.07) is 0. The Hall–Kier alpha value is -1.23. The van der Waals surface area contributed by atoms with E-state index in [4.69, 9.17) is 0 Å². The second-order valence-electron chi connectivity index (χ2n) is 1.65. The second kappa shape index (κ2) is 2.57. The van der Waals surface area contributed by atoms with Gasteiger partial charge in [0.2, 0.25) is 0 Å². The van der Waals surface area contributed by atoms with Crippen LogP contribution in [-0.4, -0.2) is 16.3 Å². The Morgan fingerprint density at radius 2 is 2.30 bits per heavy atom. The van der Waals surface area contributed by atoms with E-state index in [2.05, 4.69) is 22.2 Å². The number of aromatic nitrogens is 2. The minimum Gasteiger partial charge on any atom is -0.314 e. The van der Waals surface area contributed by atoms with Crippen molar-refractivity contribution >= 4 is 18.5 Å². The number of hydrogen-bond donors (Lipinski definition) is 2. The molecular weight excluding hydrogens is 152 g/mol. The van der Waals surface area contributed by atoms with Crippen LogP contribution in [0.2, 0.25) is 0 Å². The van der Waals surface area contributed by atoms with Gasteiger partial charge in [0.25, 0.3) is 0 Å². The van der Waals surface area contributed by atoms with E-state index in [1.54, 1.807) is 0 Å². The highest BCUT2D eigenvalue weighted by atomic mass is 32.1. The van der Waals surface area contributed by atoms with E-state index in [0.717, 1.165) is 0 Å². The van der Waals surface area contributed by atoms with Gasteiger partial charge in [-0.3, -0.25) is 9.78 Å². The molecule has 0 fully saturated rings. The third-order valence-electron chi connectivity index (χ3n) is 0.975. The topological polar surface area (TPSA) is 65.7 Å². The molecule has 4 nitrogen and oxygen atoms in total. The first-order valence-electron chi connectivity index (χ1n) is 2.51.